The van der Waals surface area contributed by atoms with E-state index in [0.29, 0.717) is 44.0 Å². The number of piperidine rings is 1. The van der Waals surface area contributed by atoms with Crippen LogP contribution in [0.25, 0.3) is 0 Å². The van der Waals surface area contributed by atoms with Crippen LogP contribution in [-0.2, 0) is 14.8 Å². The summed E-state index contributed by atoms with van der Waals surface area (Å²) in [5, 5.41) is 0. The zero-order valence-electron chi connectivity index (χ0n) is 20.5. The molecule has 0 bridgehead atoms. The molecule has 0 spiro atoms. The smallest absolute Gasteiger partial charge is 0.243 e. The number of carbonyl (C=O) groups excluding carboxylic acids is 1. The average Bonchev–Trinajstić information content (AvgIpc) is 2.92. The Morgan fingerprint density at radius 3 is 2.17 bits per heavy atom. The quantitative estimate of drug-likeness (QED) is 0.574. The molecule has 10 heteroatoms. The predicted molar refractivity (Wildman–Crippen MR) is 133 cm³/mol. The van der Waals surface area contributed by atoms with Gasteiger partial charge in [0.25, 0.3) is 0 Å². The van der Waals surface area contributed by atoms with Crippen molar-refractivity contribution in [3.05, 3.63) is 42.5 Å². The molecule has 2 aliphatic heterocycles. The third kappa shape index (κ3) is 5.33. The number of amides is 1. The lowest BCUT2D eigenvalue weighted by atomic mass is 9.97. The van der Waals surface area contributed by atoms with Crippen LogP contribution in [0, 0.1) is 5.92 Å². The molecule has 0 aromatic heterocycles. The molecule has 35 heavy (non-hydrogen) atoms. The maximum atomic E-state index is 13.3. The van der Waals surface area contributed by atoms with Gasteiger partial charge in [0.1, 0.15) is 5.75 Å². The number of ether oxygens (including phenoxy) is 3. The molecule has 2 aliphatic rings. The summed E-state index contributed by atoms with van der Waals surface area (Å²) in [4.78, 5) is 17.6. The molecule has 0 unspecified atom stereocenters. The van der Waals surface area contributed by atoms with Crippen molar-refractivity contribution in [1.82, 2.24) is 9.21 Å². The maximum absolute atomic E-state index is 13.3. The fourth-order valence-electron chi connectivity index (χ4n) is 4.72. The zero-order chi connectivity index (χ0) is 25.0. The van der Waals surface area contributed by atoms with Gasteiger partial charge >= 0.3 is 0 Å². The molecule has 1 amide bonds. The van der Waals surface area contributed by atoms with Crippen molar-refractivity contribution >= 4 is 21.6 Å². The molecule has 190 valence electrons. The first-order chi connectivity index (χ1) is 16.9. The van der Waals surface area contributed by atoms with Gasteiger partial charge in [0.15, 0.2) is 11.5 Å². The first-order valence-electron chi connectivity index (χ1n) is 11.8. The number of anilines is 1. The Balaban J connectivity index is 1.39. The van der Waals surface area contributed by atoms with E-state index in [-0.39, 0.29) is 23.3 Å². The summed E-state index contributed by atoms with van der Waals surface area (Å²) < 4.78 is 43.8. The average molecular weight is 504 g/mol. The summed E-state index contributed by atoms with van der Waals surface area (Å²) in [6, 6.07) is 12.5. The van der Waals surface area contributed by atoms with Crippen molar-refractivity contribution in [1.29, 1.82) is 0 Å². The lowest BCUT2D eigenvalue weighted by Gasteiger charge is -2.39. The number of rotatable bonds is 7. The first-order valence-corrected chi connectivity index (χ1v) is 13.2. The van der Waals surface area contributed by atoms with E-state index >= 15 is 0 Å². The van der Waals surface area contributed by atoms with Gasteiger partial charge in [-0.05, 0) is 49.2 Å². The number of nitrogens with zero attached hydrogens (tertiary/aromatic N) is 3. The van der Waals surface area contributed by atoms with Crippen LogP contribution in [0.1, 0.15) is 12.8 Å². The van der Waals surface area contributed by atoms with Crippen molar-refractivity contribution in [3.8, 4) is 17.2 Å². The minimum atomic E-state index is -3.76. The highest BCUT2D eigenvalue weighted by Gasteiger charge is 2.36. The fourth-order valence-corrected chi connectivity index (χ4v) is 6.26. The summed E-state index contributed by atoms with van der Waals surface area (Å²) >= 11 is 0. The van der Waals surface area contributed by atoms with Gasteiger partial charge in [-0.25, -0.2) is 8.42 Å². The van der Waals surface area contributed by atoms with E-state index in [1.807, 2.05) is 29.2 Å². The van der Waals surface area contributed by atoms with Crippen molar-refractivity contribution < 1.29 is 27.4 Å². The molecule has 0 aliphatic carbocycles. The number of benzene rings is 2. The van der Waals surface area contributed by atoms with Gasteiger partial charge in [0, 0.05) is 51.0 Å². The number of hydrogen-bond acceptors (Lipinski definition) is 7. The highest BCUT2D eigenvalue weighted by Crippen LogP contribution is 2.32. The standard InChI is InChI=1S/C25H33N3O6S/c1-32-21-8-6-20(7-9-21)26-13-15-27(16-14-26)25(29)19-5-4-12-28(18-19)35(30,31)22-10-11-23(33-2)24(17-22)34-3/h6-11,17,19H,4-5,12-16,18H2,1-3H3/t19-/m1/s1. The molecule has 1 atom stereocenters. The van der Waals surface area contributed by atoms with E-state index in [2.05, 4.69) is 4.90 Å². The molecule has 2 aromatic carbocycles. The van der Waals surface area contributed by atoms with Crippen LogP contribution in [0.5, 0.6) is 17.2 Å². The summed E-state index contributed by atoms with van der Waals surface area (Å²) in [5.41, 5.74) is 1.10. The van der Waals surface area contributed by atoms with Crippen molar-refractivity contribution in [2.24, 2.45) is 5.92 Å². The predicted octanol–water partition coefficient (Wildman–Crippen LogP) is 2.46. The molecule has 0 saturated carbocycles. The Labute approximate surface area is 207 Å². The third-order valence-electron chi connectivity index (χ3n) is 6.76. The van der Waals surface area contributed by atoms with E-state index in [1.54, 1.807) is 13.2 Å². The number of methoxy groups -OCH3 is 3. The topological polar surface area (TPSA) is 88.6 Å². The van der Waals surface area contributed by atoms with Crippen LogP contribution in [-0.4, -0.2) is 84.1 Å². The van der Waals surface area contributed by atoms with Crippen molar-refractivity contribution in [2.75, 3.05) is 65.5 Å². The van der Waals surface area contributed by atoms with Crippen LogP contribution >= 0.6 is 0 Å². The molecule has 2 heterocycles. The van der Waals surface area contributed by atoms with Gasteiger partial charge in [-0.3, -0.25) is 4.79 Å². The van der Waals surface area contributed by atoms with Crippen LogP contribution in [0.4, 0.5) is 5.69 Å². The van der Waals surface area contributed by atoms with Gasteiger partial charge in [-0.1, -0.05) is 0 Å². The Hall–Kier alpha value is -2.98. The van der Waals surface area contributed by atoms with Gasteiger partial charge in [0.05, 0.1) is 32.1 Å². The molecule has 4 rings (SSSR count). The normalized spacial score (nSPS) is 19.3. The Morgan fingerprint density at radius 1 is 0.857 bits per heavy atom. The van der Waals surface area contributed by atoms with E-state index in [1.165, 1.54) is 30.7 Å². The monoisotopic (exact) mass is 503 g/mol. The van der Waals surface area contributed by atoms with Gasteiger partial charge < -0.3 is 24.0 Å². The van der Waals surface area contributed by atoms with Crippen LogP contribution < -0.4 is 19.1 Å². The Morgan fingerprint density at radius 2 is 1.54 bits per heavy atom. The minimum Gasteiger partial charge on any atom is -0.497 e. The molecule has 2 saturated heterocycles. The number of piperazine rings is 1. The molecule has 0 radical (unpaired) electrons. The Bertz CT molecular complexity index is 1130. The van der Waals surface area contributed by atoms with Crippen LogP contribution in [0.2, 0.25) is 0 Å². The van der Waals surface area contributed by atoms with Crippen LogP contribution in [0.15, 0.2) is 47.4 Å². The summed E-state index contributed by atoms with van der Waals surface area (Å²) in [5.74, 6) is 1.32. The zero-order valence-corrected chi connectivity index (χ0v) is 21.3. The van der Waals surface area contributed by atoms with E-state index in [0.717, 1.165) is 24.5 Å². The molecule has 9 nitrogen and oxygen atoms in total. The summed E-state index contributed by atoms with van der Waals surface area (Å²) in [6.07, 6.45) is 1.34. The second-order valence-electron chi connectivity index (χ2n) is 8.73. The summed E-state index contributed by atoms with van der Waals surface area (Å²) in [7, 11) is 0.859. The number of carbonyl (C=O) groups is 1. The SMILES string of the molecule is COc1ccc(N2CCN(C(=O)[C@@H]3CCCN(S(=O)(=O)c4ccc(OC)c(OC)c4)C3)CC2)cc1. The number of hydrogen-bond donors (Lipinski definition) is 0. The lowest BCUT2D eigenvalue weighted by molar-refractivity contribution is -0.137. The van der Waals surface area contributed by atoms with Crippen LogP contribution in [0.3, 0.4) is 0 Å². The van der Waals surface area contributed by atoms with E-state index in [4.69, 9.17) is 14.2 Å². The van der Waals surface area contributed by atoms with Crippen molar-refractivity contribution in [2.45, 2.75) is 17.7 Å². The van der Waals surface area contributed by atoms with E-state index < -0.39 is 10.0 Å². The molecular formula is C25H33N3O6S. The van der Waals surface area contributed by atoms with Gasteiger partial charge in [-0.15, -0.1) is 0 Å². The van der Waals surface area contributed by atoms with E-state index in [9.17, 15) is 13.2 Å². The fraction of sp³-hybridized carbons (Fsp3) is 0.480. The van der Waals surface area contributed by atoms with Gasteiger partial charge in [0.2, 0.25) is 15.9 Å². The number of sulfonamides is 1. The molecule has 2 aromatic rings. The Kier molecular flexibility index (Phi) is 7.71. The second kappa shape index (κ2) is 10.7. The summed E-state index contributed by atoms with van der Waals surface area (Å²) in [6.45, 7) is 3.28. The van der Waals surface area contributed by atoms with Crippen molar-refractivity contribution in [3.63, 3.8) is 0 Å². The molecule has 2 fully saturated rings. The maximum Gasteiger partial charge on any atom is 0.243 e. The van der Waals surface area contributed by atoms with Gasteiger partial charge in [-0.2, -0.15) is 4.31 Å². The highest BCUT2D eigenvalue weighted by molar-refractivity contribution is 7.89. The molecule has 0 N–H and O–H groups in total. The molecular weight excluding hydrogens is 470 g/mol. The third-order valence-corrected chi connectivity index (χ3v) is 8.62. The second-order valence-corrected chi connectivity index (χ2v) is 10.7. The highest BCUT2D eigenvalue weighted by atomic mass is 32.2. The largest absolute Gasteiger partial charge is 0.497 e. The minimum absolute atomic E-state index is 0.0339. The first kappa shape index (κ1) is 25.1. The lowest BCUT2D eigenvalue weighted by Crippen LogP contribution is -2.53.